The summed E-state index contributed by atoms with van der Waals surface area (Å²) in [7, 11) is 1.80. The maximum absolute atomic E-state index is 11.7. The van der Waals surface area contributed by atoms with E-state index in [1.807, 2.05) is 11.4 Å². The molecule has 0 fully saturated rings. The zero-order valence-electron chi connectivity index (χ0n) is 8.55. The zero-order valence-corrected chi connectivity index (χ0v) is 11.0. The predicted molar refractivity (Wildman–Crippen MR) is 68.6 cm³/mol. The van der Waals surface area contributed by atoms with Crippen molar-refractivity contribution in [2.24, 2.45) is 7.05 Å². The van der Waals surface area contributed by atoms with E-state index in [0.717, 1.165) is 9.35 Å². The molecule has 2 heterocycles. The van der Waals surface area contributed by atoms with Crippen LogP contribution in [0.2, 0.25) is 0 Å². The Morgan fingerprint density at radius 3 is 3.00 bits per heavy atom. The third-order valence-electron chi connectivity index (χ3n) is 2.03. The number of nitrogens with zero attached hydrogens (tertiary/aromatic N) is 2. The van der Waals surface area contributed by atoms with E-state index in [9.17, 15) is 4.79 Å². The number of halogens is 1. The minimum Gasteiger partial charge on any atom is -0.331 e. The number of aryl methyl sites for hydroxylation is 1. The van der Waals surface area contributed by atoms with Gasteiger partial charge in [0.05, 0.1) is 0 Å². The van der Waals surface area contributed by atoms with Crippen molar-refractivity contribution >= 4 is 39.1 Å². The Morgan fingerprint density at radius 2 is 2.44 bits per heavy atom. The van der Waals surface area contributed by atoms with E-state index in [2.05, 4.69) is 20.9 Å². The Labute approximate surface area is 106 Å². The summed E-state index contributed by atoms with van der Waals surface area (Å²) in [6, 6.07) is 1.97. The van der Waals surface area contributed by atoms with Gasteiger partial charge < -0.3 is 4.57 Å². The second-order valence-electron chi connectivity index (χ2n) is 3.23. The molecule has 0 aliphatic rings. The largest absolute Gasteiger partial charge is 0.331 e. The van der Waals surface area contributed by atoms with Crippen LogP contribution in [0.15, 0.2) is 34.4 Å². The van der Waals surface area contributed by atoms with Gasteiger partial charge in [0.15, 0.2) is 5.82 Å². The zero-order chi connectivity index (χ0) is 11.5. The molecule has 0 N–H and O–H groups in total. The number of carbonyl (C=O) groups excluding carboxylic acids is 1. The first-order valence-electron chi connectivity index (χ1n) is 4.60. The number of rotatable bonds is 3. The minimum atomic E-state index is -0.0861. The Bertz CT molecular complexity index is 542. The van der Waals surface area contributed by atoms with Gasteiger partial charge in [0.1, 0.15) is 0 Å². The number of allylic oxidation sites excluding steroid dienone is 1. The van der Waals surface area contributed by atoms with Crippen molar-refractivity contribution < 1.29 is 4.79 Å². The van der Waals surface area contributed by atoms with Gasteiger partial charge in [-0.2, -0.15) is 0 Å². The lowest BCUT2D eigenvalue weighted by molar-refractivity contribution is 0.103. The third-order valence-corrected chi connectivity index (χ3v) is 3.69. The highest BCUT2D eigenvalue weighted by Gasteiger charge is 2.06. The molecule has 0 saturated carbocycles. The third kappa shape index (κ3) is 2.48. The smallest absolute Gasteiger partial charge is 0.221 e. The highest BCUT2D eigenvalue weighted by molar-refractivity contribution is 9.10. The Balaban J connectivity index is 2.14. The summed E-state index contributed by atoms with van der Waals surface area (Å²) >= 11 is 4.94. The Morgan fingerprint density at radius 1 is 1.62 bits per heavy atom. The normalized spacial score (nSPS) is 11.1. The molecule has 2 rings (SSSR count). The van der Waals surface area contributed by atoms with Gasteiger partial charge in [-0.15, -0.1) is 11.3 Å². The molecule has 2 aromatic heterocycles. The number of imidazole rings is 1. The molecule has 5 heteroatoms. The summed E-state index contributed by atoms with van der Waals surface area (Å²) in [5, 5.41) is 1.98. The van der Waals surface area contributed by atoms with Crippen molar-refractivity contribution in [3.8, 4) is 0 Å². The predicted octanol–water partition coefficient (Wildman–Crippen LogP) is 3.14. The molecule has 0 saturated heterocycles. The molecule has 0 atom stereocenters. The van der Waals surface area contributed by atoms with Crippen LogP contribution in [0.4, 0.5) is 0 Å². The fraction of sp³-hybridized carbons (Fsp3) is 0.0909. The van der Waals surface area contributed by atoms with E-state index >= 15 is 0 Å². The average molecular weight is 297 g/mol. The van der Waals surface area contributed by atoms with Gasteiger partial charge in [0.25, 0.3) is 0 Å². The lowest BCUT2D eigenvalue weighted by atomic mass is 10.3. The van der Waals surface area contributed by atoms with Crippen molar-refractivity contribution in [3.05, 3.63) is 45.1 Å². The molecule has 16 heavy (non-hydrogen) atoms. The van der Waals surface area contributed by atoms with Crippen molar-refractivity contribution in [2.45, 2.75) is 0 Å². The van der Waals surface area contributed by atoms with E-state index in [0.29, 0.717) is 5.82 Å². The molecule has 0 spiro atoms. The quantitative estimate of drug-likeness (QED) is 0.644. The first-order chi connectivity index (χ1) is 7.66. The number of ketones is 1. The number of hydrogen-bond donors (Lipinski definition) is 0. The van der Waals surface area contributed by atoms with Gasteiger partial charge in [0, 0.05) is 34.2 Å². The van der Waals surface area contributed by atoms with E-state index in [1.165, 1.54) is 0 Å². The fourth-order valence-corrected chi connectivity index (χ4v) is 2.59. The van der Waals surface area contributed by atoms with Gasteiger partial charge >= 0.3 is 0 Å². The van der Waals surface area contributed by atoms with Gasteiger partial charge in [-0.25, -0.2) is 4.98 Å². The van der Waals surface area contributed by atoms with Crippen LogP contribution in [0.25, 0.3) is 6.08 Å². The van der Waals surface area contributed by atoms with Crippen LogP contribution in [0.1, 0.15) is 15.5 Å². The lowest BCUT2D eigenvalue weighted by Gasteiger charge is -1.94. The molecule has 0 unspecified atom stereocenters. The number of thiophene rings is 1. The van der Waals surface area contributed by atoms with E-state index in [-0.39, 0.29) is 5.78 Å². The average Bonchev–Trinajstić information content (AvgIpc) is 2.84. The van der Waals surface area contributed by atoms with Crippen LogP contribution in [0.5, 0.6) is 0 Å². The van der Waals surface area contributed by atoms with Gasteiger partial charge in [-0.05, 0) is 34.1 Å². The summed E-state index contributed by atoms with van der Waals surface area (Å²) in [4.78, 5) is 16.8. The van der Waals surface area contributed by atoms with Crippen LogP contribution in [0, 0.1) is 0 Å². The number of aromatic nitrogens is 2. The van der Waals surface area contributed by atoms with Gasteiger partial charge in [-0.3, -0.25) is 4.79 Å². The summed E-state index contributed by atoms with van der Waals surface area (Å²) in [6.45, 7) is 0. The topological polar surface area (TPSA) is 34.9 Å². The minimum absolute atomic E-state index is 0.0861. The first-order valence-corrected chi connectivity index (χ1v) is 6.28. The molecular weight excluding hydrogens is 288 g/mol. The molecule has 0 radical (unpaired) electrons. The summed E-state index contributed by atoms with van der Waals surface area (Å²) in [5.74, 6) is 0.365. The molecule has 0 bridgehead atoms. The fourth-order valence-electron chi connectivity index (χ4n) is 1.25. The van der Waals surface area contributed by atoms with Crippen molar-refractivity contribution in [1.82, 2.24) is 9.55 Å². The molecule has 0 amide bonds. The van der Waals surface area contributed by atoms with Crippen LogP contribution < -0.4 is 0 Å². The molecule has 2 aromatic rings. The van der Waals surface area contributed by atoms with E-state index in [4.69, 9.17) is 0 Å². The first kappa shape index (κ1) is 11.3. The van der Waals surface area contributed by atoms with Crippen LogP contribution in [-0.2, 0) is 7.05 Å². The number of hydrogen-bond acceptors (Lipinski definition) is 3. The van der Waals surface area contributed by atoms with Gasteiger partial charge in [0.2, 0.25) is 5.78 Å². The molecule has 0 aromatic carbocycles. The van der Waals surface area contributed by atoms with Gasteiger partial charge in [-0.1, -0.05) is 0 Å². The maximum atomic E-state index is 11.7. The Kier molecular flexibility index (Phi) is 3.36. The van der Waals surface area contributed by atoms with Crippen molar-refractivity contribution in [2.75, 3.05) is 0 Å². The standard InChI is InChI=1S/C11H9BrN2OS/c1-14-5-4-13-11(14)10(15)3-2-9-6-8(12)7-16-9/h2-7H,1H3/b3-2-. The van der Waals surface area contributed by atoms with Crippen molar-refractivity contribution in [1.29, 1.82) is 0 Å². The summed E-state index contributed by atoms with van der Waals surface area (Å²) < 4.78 is 2.73. The second-order valence-corrected chi connectivity index (χ2v) is 5.09. The van der Waals surface area contributed by atoms with E-state index in [1.54, 1.807) is 47.5 Å². The lowest BCUT2D eigenvalue weighted by Crippen LogP contribution is -2.03. The summed E-state index contributed by atoms with van der Waals surface area (Å²) in [6.07, 6.45) is 6.71. The van der Waals surface area contributed by atoms with Crippen LogP contribution in [-0.4, -0.2) is 15.3 Å². The maximum Gasteiger partial charge on any atom is 0.221 e. The highest BCUT2D eigenvalue weighted by atomic mass is 79.9. The van der Waals surface area contributed by atoms with Crippen LogP contribution in [0.3, 0.4) is 0 Å². The SMILES string of the molecule is Cn1ccnc1C(=O)/C=C\c1cc(Br)cs1. The Hall–Kier alpha value is -1.20. The molecule has 0 aliphatic heterocycles. The number of carbonyl (C=O) groups is 1. The molecule has 0 aliphatic carbocycles. The molecule has 3 nitrogen and oxygen atoms in total. The van der Waals surface area contributed by atoms with Crippen LogP contribution >= 0.6 is 27.3 Å². The van der Waals surface area contributed by atoms with Crippen molar-refractivity contribution in [3.63, 3.8) is 0 Å². The monoisotopic (exact) mass is 296 g/mol. The molecule has 82 valence electrons. The second kappa shape index (κ2) is 4.76. The summed E-state index contributed by atoms with van der Waals surface area (Å²) in [5.41, 5.74) is 0. The highest BCUT2D eigenvalue weighted by Crippen LogP contribution is 2.20. The van der Waals surface area contributed by atoms with E-state index < -0.39 is 0 Å². The molecular formula is C11H9BrN2OS.